The molecule has 0 spiro atoms. The summed E-state index contributed by atoms with van der Waals surface area (Å²) in [6.07, 6.45) is -2.54. The van der Waals surface area contributed by atoms with Crippen LogP contribution in [0.4, 0.5) is 13.2 Å². The van der Waals surface area contributed by atoms with Crippen LogP contribution < -0.4 is 5.32 Å². The lowest BCUT2D eigenvalue weighted by molar-refractivity contribution is -0.147. The highest BCUT2D eigenvalue weighted by atomic mass is 35.5. The van der Waals surface area contributed by atoms with Crippen LogP contribution in [0, 0.1) is 5.92 Å². The van der Waals surface area contributed by atoms with Crippen molar-refractivity contribution in [1.82, 2.24) is 19.8 Å². The molecule has 1 aromatic heterocycles. The van der Waals surface area contributed by atoms with E-state index in [2.05, 4.69) is 10.3 Å². The standard InChI is InChI=1S/C19H25F3N4O.2ClH/c1-12(2)26-16-7-6-14(9-15(16)24-18(26)19(20,21)22)17(27)25-8-4-5-13(11-25)10-23-3;;/h6-7,9,12-13,23H,4-5,8,10-11H2,1-3H3;2*1H. The van der Waals surface area contributed by atoms with Crippen LogP contribution in [0.5, 0.6) is 0 Å². The van der Waals surface area contributed by atoms with Crippen molar-refractivity contribution in [2.24, 2.45) is 5.92 Å². The number of carbonyl (C=O) groups is 1. The molecule has 5 nitrogen and oxygen atoms in total. The Hall–Kier alpha value is -1.51. The number of piperidine rings is 1. The van der Waals surface area contributed by atoms with Crippen molar-refractivity contribution in [2.75, 3.05) is 26.7 Å². The smallest absolute Gasteiger partial charge is 0.338 e. The van der Waals surface area contributed by atoms with Gasteiger partial charge in [-0.2, -0.15) is 13.2 Å². The number of benzene rings is 1. The van der Waals surface area contributed by atoms with Gasteiger partial charge in [0, 0.05) is 24.7 Å². The molecule has 2 heterocycles. The number of likely N-dealkylation sites (tertiary alicyclic amines) is 1. The maximum atomic E-state index is 13.3. The number of rotatable bonds is 4. The Bertz CT molecular complexity index is 837. The molecule has 1 aliphatic rings. The van der Waals surface area contributed by atoms with Gasteiger partial charge >= 0.3 is 6.18 Å². The minimum absolute atomic E-state index is 0. The summed E-state index contributed by atoms with van der Waals surface area (Å²) in [5, 5.41) is 3.14. The third-order valence-corrected chi connectivity index (χ3v) is 5.01. The van der Waals surface area contributed by atoms with Crippen molar-refractivity contribution < 1.29 is 18.0 Å². The van der Waals surface area contributed by atoms with E-state index in [4.69, 9.17) is 0 Å². The van der Waals surface area contributed by atoms with Crippen LogP contribution in [-0.2, 0) is 6.18 Å². The molecule has 1 aromatic carbocycles. The lowest BCUT2D eigenvalue weighted by Crippen LogP contribution is -2.42. The number of aromatic nitrogens is 2. The molecule has 0 aliphatic carbocycles. The van der Waals surface area contributed by atoms with Crippen LogP contribution in [0.1, 0.15) is 48.9 Å². The average Bonchev–Trinajstić information content (AvgIpc) is 3.01. The van der Waals surface area contributed by atoms with E-state index in [0.29, 0.717) is 30.1 Å². The number of amides is 1. The summed E-state index contributed by atoms with van der Waals surface area (Å²) in [4.78, 5) is 18.4. The first kappa shape index (κ1) is 25.5. The fourth-order valence-electron chi connectivity index (χ4n) is 3.84. The van der Waals surface area contributed by atoms with Gasteiger partial charge in [-0.3, -0.25) is 4.79 Å². The van der Waals surface area contributed by atoms with Crippen molar-refractivity contribution in [1.29, 1.82) is 0 Å². The second-order valence-corrected chi connectivity index (χ2v) is 7.42. The number of hydrogen-bond acceptors (Lipinski definition) is 3. The molecule has 29 heavy (non-hydrogen) atoms. The van der Waals surface area contributed by atoms with E-state index in [1.165, 1.54) is 10.6 Å². The van der Waals surface area contributed by atoms with Crippen LogP contribution in [0.2, 0.25) is 0 Å². The third kappa shape index (κ3) is 5.35. The number of carbonyl (C=O) groups excluding carboxylic acids is 1. The summed E-state index contributed by atoms with van der Waals surface area (Å²) in [6, 6.07) is 4.26. The molecule has 1 saturated heterocycles. The number of hydrogen-bond donors (Lipinski definition) is 1. The van der Waals surface area contributed by atoms with Gasteiger partial charge in [-0.1, -0.05) is 0 Å². The normalized spacial score (nSPS) is 17.2. The second-order valence-electron chi connectivity index (χ2n) is 7.42. The van der Waals surface area contributed by atoms with Gasteiger partial charge < -0.3 is 14.8 Å². The van der Waals surface area contributed by atoms with Crippen molar-refractivity contribution in [3.8, 4) is 0 Å². The molecule has 164 valence electrons. The monoisotopic (exact) mass is 454 g/mol. The maximum absolute atomic E-state index is 13.3. The molecular weight excluding hydrogens is 428 g/mol. The lowest BCUT2D eigenvalue weighted by Gasteiger charge is -2.32. The highest BCUT2D eigenvalue weighted by Gasteiger charge is 2.38. The Morgan fingerprint density at radius 3 is 2.59 bits per heavy atom. The number of nitrogens with one attached hydrogen (secondary N) is 1. The van der Waals surface area contributed by atoms with Crippen molar-refractivity contribution >= 4 is 41.8 Å². The largest absolute Gasteiger partial charge is 0.449 e. The van der Waals surface area contributed by atoms with Crippen molar-refractivity contribution in [3.05, 3.63) is 29.6 Å². The van der Waals surface area contributed by atoms with Gasteiger partial charge in [0.05, 0.1) is 11.0 Å². The van der Waals surface area contributed by atoms with Crippen molar-refractivity contribution in [2.45, 2.75) is 38.9 Å². The van der Waals surface area contributed by atoms with Crippen LogP contribution in [0.15, 0.2) is 18.2 Å². The first-order valence-corrected chi connectivity index (χ1v) is 9.25. The molecule has 1 N–H and O–H groups in total. The van der Waals surface area contributed by atoms with Crippen LogP contribution in [0.3, 0.4) is 0 Å². The SMILES string of the molecule is CNCC1CCCN(C(=O)c2ccc3c(c2)nc(C(F)(F)F)n3C(C)C)C1.Cl.Cl. The van der Waals surface area contributed by atoms with E-state index in [1.54, 1.807) is 30.9 Å². The van der Waals surface area contributed by atoms with E-state index >= 15 is 0 Å². The van der Waals surface area contributed by atoms with E-state index in [0.717, 1.165) is 19.4 Å². The fourth-order valence-corrected chi connectivity index (χ4v) is 3.84. The summed E-state index contributed by atoms with van der Waals surface area (Å²) < 4.78 is 41.2. The van der Waals surface area contributed by atoms with Gasteiger partial charge in [-0.25, -0.2) is 4.98 Å². The first-order chi connectivity index (χ1) is 12.7. The predicted octanol–water partition coefficient (Wildman–Crippen LogP) is 4.55. The predicted molar refractivity (Wildman–Crippen MR) is 112 cm³/mol. The zero-order valence-electron chi connectivity index (χ0n) is 16.6. The molecule has 3 rings (SSSR count). The average molecular weight is 455 g/mol. The summed E-state index contributed by atoms with van der Waals surface area (Å²) in [7, 11) is 1.89. The Morgan fingerprint density at radius 1 is 1.31 bits per heavy atom. The zero-order chi connectivity index (χ0) is 19.8. The highest BCUT2D eigenvalue weighted by molar-refractivity contribution is 5.97. The third-order valence-electron chi connectivity index (χ3n) is 5.01. The molecule has 2 aromatic rings. The Balaban J connectivity index is 0.00000210. The van der Waals surface area contributed by atoms with E-state index in [9.17, 15) is 18.0 Å². The molecule has 0 radical (unpaired) electrons. The Morgan fingerprint density at radius 2 is 2.00 bits per heavy atom. The summed E-state index contributed by atoms with van der Waals surface area (Å²) in [5.41, 5.74) is 0.973. The summed E-state index contributed by atoms with van der Waals surface area (Å²) in [5.74, 6) is -0.678. The van der Waals surface area contributed by atoms with Crippen LogP contribution in [-0.4, -0.2) is 47.0 Å². The number of nitrogens with zero attached hydrogens (tertiary/aromatic N) is 3. The van der Waals surface area contributed by atoms with Gasteiger partial charge in [-0.15, -0.1) is 24.8 Å². The number of imidazole rings is 1. The van der Waals surface area contributed by atoms with Gasteiger partial charge in [0.2, 0.25) is 5.82 Å². The molecular formula is C19H27Cl2F3N4O. The van der Waals surface area contributed by atoms with Crippen LogP contribution >= 0.6 is 24.8 Å². The van der Waals surface area contributed by atoms with Crippen molar-refractivity contribution in [3.63, 3.8) is 0 Å². The number of fused-ring (bicyclic) bond motifs is 1. The first-order valence-electron chi connectivity index (χ1n) is 9.25. The van der Waals surface area contributed by atoms with E-state index in [-0.39, 0.29) is 36.2 Å². The van der Waals surface area contributed by atoms with Gasteiger partial charge in [-0.05, 0) is 64.4 Å². The van der Waals surface area contributed by atoms with E-state index in [1.807, 2.05) is 7.05 Å². The molecule has 1 unspecified atom stereocenters. The molecule has 0 saturated carbocycles. The van der Waals surface area contributed by atoms with Gasteiger partial charge in [0.25, 0.3) is 5.91 Å². The molecule has 1 fully saturated rings. The molecule has 0 bridgehead atoms. The molecule has 10 heteroatoms. The van der Waals surface area contributed by atoms with Crippen LogP contribution in [0.25, 0.3) is 11.0 Å². The maximum Gasteiger partial charge on any atom is 0.449 e. The zero-order valence-corrected chi connectivity index (χ0v) is 18.3. The quantitative estimate of drug-likeness (QED) is 0.736. The highest BCUT2D eigenvalue weighted by Crippen LogP contribution is 2.34. The van der Waals surface area contributed by atoms with Gasteiger partial charge in [0.15, 0.2) is 0 Å². The van der Waals surface area contributed by atoms with E-state index < -0.39 is 18.0 Å². The number of halogens is 5. The Labute approximate surface area is 180 Å². The second kappa shape index (κ2) is 10.00. The molecule has 1 amide bonds. The minimum atomic E-state index is -4.54. The van der Waals surface area contributed by atoms with Gasteiger partial charge in [0.1, 0.15) is 0 Å². The number of alkyl halides is 3. The summed E-state index contributed by atoms with van der Waals surface area (Å²) >= 11 is 0. The molecule has 1 atom stereocenters. The Kier molecular flexibility index (Phi) is 8.80. The lowest BCUT2D eigenvalue weighted by atomic mass is 9.97. The summed E-state index contributed by atoms with van der Waals surface area (Å²) in [6.45, 7) is 5.55. The minimum Gasteiger partial charge on any atom is -0.338 e. The fraction of sp³-hybridized carbons (Fsp3) is 0.579. The molecule has 1 aliphatic heterocycles. The topological polar surface area (TPSA) is 50.2 Å².